The van der Waals surface area contributed by atoms with Crippen LogP contribution < -0.4 is 5.56 Å². The first-order valence-corrected chi connectivity index (χ1v) is 9.16. The van der Waals surface area contributed by atoms with Crippen LogP contribution in [-0.4, -0.2) is 14.5 Å². The van der Waals surface area contributed by atoms with Crippen molar-refractivity contribution in [2.24, 2.45) is 0 Å². The van der Waals surface area contributed by atoms with E-state index in [9.17, 15) is 10.1 Å². The van der Waals surface area contributed by atoms with Crippen molar-refractivity contribution in [2.45, 2.75) is 6.92 Å². The Morgan fingerprint density at radius 2 is 2.00 bits per heavy atom. The molecule has 4 aromatic rings. The normalized spacial score (nSPS) is 11.1. The summed E-state index contributed by atoms with van der Waals surface area (Å²) in [5, 5.41) is 11.1. The molecule has 3 heterocycles. The fourth-order valence-electron chi connectivity index (χ4n) is 2.89. The summed E-state index contributed by atoms with van der Waals surface area (Å²) < 4.78 is 2.18. The molecule has 0 saturated heterocycles. The minimum Gasteiger partial charge on any atom is -0.267 e. The summed E-state index contributed by atoms with van der Waals surface area (Å²) in [7, 11) is 0. The van der Waals surface area contributed by atoms with E-state index in [-0.39, 0.29) is 5.56 Å². The van der Waals surface area contributed by atoms with Gasteiger partial charge in [0.05, 0.1) is 28.5 Å². The quantitative estimate of drug-likeness (QED) is 0.542. The number of fused-ring (bicyclic) bond motifs is 1. The highest BCUT2D eigenvalue weighted by atomic mass is 32.1. The lowest BCUT2D eigenvalue weighted by molar-refractivity contribution is 0.922. The fraction of sp³-hybridized carbons (Fsp3) is 0.0476. The van der Waals surface area contributed by atoms with Gasteiger partial charge in [-0.25, -0.2) is 4.98 Å². The van der Waals surface area contributed by atoms with Gasteiger partial charge in [0.15, 0.2) is 0 Å². The molecule has 1 aromatic carbocycles. The molecule has 27 heavy (non-hydrogen) atoms. The van der Waals surface area contributed by atoms with Crippen LogP contribution in [0.3, 0.4) is 0 Å². The zero-order valence-electron chi connectivity index (χ0n) is 14.5. The monoisotopic (exact) mass is 370 g/mol. The van der Waals surface area contributed by atoms with Crippen LogP contribution in [0.2, 0.25) is 0 Å². The predicted octanol–water partition coefficient (Wildman–Crippen LogP) is 4.19. The van der Waals surface area contributed by atoms with Gasteiger partial charge >= 0.3 is 0 Å². The standard InChI is InChI=1S/C21H14N4OS/c1-14-18(7-4-11-23-14)25-19(24-17-10-12-27-20(17)21(25)26)9-8-15-5-2-3-6-16(15)13-22/h2-12H,1H3. The Hall–Kier alpha value is -3.56. The molecule has 0 saturated carbocycles. The average Bonchev–Trinajstić information content (AvgIpc) is 3.16. The van der Waals surface area contributed by atoms with E-state index in [4.69, 9.17) is 0 Å². The van der Waals surface area contributed by atoms with Gasteiger partial charge in [-0.3, -0.25) is 14.3 Å². The van der Waals surface area contributed by atoms with E-state index in [1.807, 2.05) is 42.6 Å². The summed E-state index contributed by atoms with van der Waals surface area (Å²) in [4.78, 5) is 22.1. The first kappa shape index (κ1) is 16.9. The number of aryl methyl sites for hydroxylation is 1. The fourth-order valence-corrected chi connectivity index (χ4v) is 3.65. The summed E-state index contributed by atoms with van der Waals surface area (Å²) in [5.41, 5.74) is 3.31. The van der Waals surface area contributed by atoms with Gasteiger partial charge in [0.2, 0.25) is 0 Å². The molecule has 0 fully saturated rings. The Morgan fingerprint density at radius 1 is 1.15 bits per heavy atom. The molecule has 0 amide bonds. The van der Waals surface area contributed by atoms with E-state index in [0.29, 0.717) is 27.3 Å². The summed E-state index contributed by atoms with van der Waals surface area (Å²) in [6, 6.07) is 15.0. The van der Waals surface area contributed by atoms with Gasteiger partial charge in [0.25, 0.3) is 5.56 Å². The Bertz CT molecular complexity index is 1280. The number of benzene rings is 1. The Balaban J connectivity index is 1.96. The number of hydrogen-bond acceptors (Lipinski definition) is 5. The van der Waals surface area contributed by atoms with E-state index < -0.39 is 0 Å². The Morgan fingerprint density at radius 3 is 2.81 bits per heavy atom. The van der Waals surface area contributed by atoms with Crippen molar-refractivity contribution in [3.05, 3.63) is 87.0 Å². The number of thiophene rings is 1. The van der Waals surface area contributed by atoms with Crippen LogP contribution in [0.5, 0.6) is 0 Å². The van der Waals surface area contributed by atoms with Gasteiger partial charge < -0.3 is 0 Å². The van der Waals surface area contributed by atoms with Gasteiger partial charge in [-0.2, -0.15) is 5.26 Å². The van der Waals surface area contributed by atoms with E-state index in [2.05, 4.69) is 16.0 Å². The number of nitriles is 1. The number of rotatable bonds is 3. The van der Waals surface area contributed by atoms with Crippen LogP contribution >= 0.6 is 11.3 Å². The second-order valence-electron chi connectivity index (χ2n) is 5.89. The van der Waals surface area contributed by atoms with Gasteiger partial charge in [-0.05, 0) is 54.3 Å². The summed E-state index contributed by atoms with van der Waals surface area (Å²) >= 11 is 1.37. The first-order chi connectivity index (χ1) is 13.2. The zero-order valence-corrected chi connectivity index (χ0v) is 15.3. The molecule has 0 spiro atoms. The Kier molecular flexibility index (Phi) is 4.37. The van der Waals surface area contributed by atoms with Gasteiger partial charge in [-0.1, -0.05) is 18.2 Å². The van der Waals surface area contributed by atoms with Crippen molar-refractivity contribution in [3.63, 3.8) is 0 Å². The molecule has 0 aliphatic heterocycles. The molecule has 0 radical (unpaired) electrons. The van der Waals surface area contributed by atoms with Gasteiger partial charge in [0.1, 0.15) is 10.5 Å². The highest BCUT2D eigenvalue weighted by Gasteiger charge is 2.14. The molecule has 0 atom stereocenters. The lowest BCUT2D eigenvalue weighted by Crippen LogP contribution is -2.22. The molecule has 0 N–H and O–H groups in total. The third kappa shape index (κ3) is 3.05. The van der Waals surface area contributed by atoms with Crippen LogP contribution in [0.15, 0.2) is 58.8 Å². The van der Waals surface area contributed by atoms with Crippen molar-refractivity contribution in [1.29, 1.82) is 5.26 Å². The molecule has 4 rings (SSSR count). The van der Waals surface area contributed by atoms with Crippen molar-refractivity contribution < 1.29 is 0 Å². The predicted molar refractivity (Wildman–Crippen MR) is 108 cm³/mol. The van der Waals surface area contributed by atoms with Crippen LogP contribution in [0.25, 0.3) is 28.1 Å². The topological polar surface area (TPSA) is 71.6 Å². The highest BCUT2D eigenvalue weighted by Crippen LogP contribution is 2.20. The molecule has 3 aromatic heterocycles. The average molecular weight is 370 g/mol. The molecule has 5 nitrogen and oxygen atoms in total. The van der Waals surface area contributed by atoms with Crippen LogP contribution in [0, 0.1) is 18.3 Å². The van der Waals surface area contributed by atoms with Crippen LogP contribution in [-0.2, 0) is 0 Å². The lowest BCUT2D eigenvalue weighted by atomic mass is 10.1. The maximum atomic E-state index is 13.1. The maximum Gasteiger partial charge on any atom is 0.276 e. The van der Waals surface area contributed by atoms with Crippen molar-refractivity contribution in [3.8, 4) is 11.8 Å². The minimum absolute atomic E-state index is 0.126. The number of nitrogens with zero attached hydrogens (tertiary/aromatic N) is 4. The minimum atomic E-state index is -0.126. The SMILES string of the molecule is Cc1ncccc1-n1c(C=Cc2ccccc2C#N)nc2ccsc2c1=O. The van der Waals surface area contributed by atoms with Crippen molar-refractivity contribution in [1.82, 2.24) is 14.5 Å². The summed E-state index contributed by atoms with van der Waals surface area (Å²) in [6.07, 6.45) is 5.27. The molecular formula is C21H14N4OS. The maximum absolute atomic E-state index is 13.1. The number of hydrogen-bond donors (Lipinski definition) is 0. The summed E-state index contributed by atoms with van der Waals surface area (Å²) in [5.74, 6) is 0.495. The van der Waals surface area contributed by atoms with Crippen molar-refractivity contribution in [2.75, 3.05) is 0 Å². The summed E-state index contributed by atoms with van der Waals surface area (Å²) in [6.45, 7) is 1.86. The second kappa shape index (κ2) is 6.98. The number of pyridine rings is 1. The zero-order chi connectivity index (χ0) is 18.8. The molecule has 0 unspecified atom stereocenters. The molecule has 0 aliphatic rings. The first-order valence-electron chi connectivity index (χ1n) is 8.28. The molecule has 0 bridgehead atoms. The third-order valence-electron chi connectivity index (χ3n) is 4.22. The van der Waals surface area contributed by atoms with E-state index in [1.54, 1.807) is 35.0 Å². The van der Waals surface area contributed by atoms with Crippen LogP contribution in [0.1, 0.15) is 22.6 Å². The second-order valence-corrected chi connectivity index (χ2v) is 6.80. The number of aromatic nitrogens is 3. The van der Waals surface area contributed by atoms with E-state index in [1.165, 1.54) is 11.3 Å². The smallest absolute Gasteiger partial charge is 0.267 e. The molecule has 6 heteroatoms. The van der Waals surface area contributed by atoms with Crippen molar-refractivity contribution >= 4 is 33.7 Å². The molecular weight excluding hydrogens is 356 g/mol. The third-order valence-corrected chi connectivity index (χ3v) is 5.11. The van der Waals surface area contributed by atoms with E-state index >= 15 is 0 Å². The van der Waals surface area contributed by atoms with Crippen LogP contribution in [0.4, 0.5) is 0 Å². The van der Waals surface area contributed by atoms with E-state index in [0.717, 1.165) is 11.3 Å². The largest absolute Gasteiger partial charge is 0.276 e. The van der Waals surface area contributed by atoms with Gasteiger partial charge in [0, 0.05) is 6.20 Å². The lowest BCUT2D eigenvalue weighted by Gasteiger charge is -2.11. The molecule has 130 valence electrons. The highest BCUT2D eigenvalue weighted by molar-refractivity contribution is 7.17. The molecule has 0 aliphatic carbocycles. The van der Waals surface area contributed by atoms with Gasteiger partial charge in [-0.15, -0.1) is 11.3 Å². The Labute approximate surface area is 159 Å².